The predicted octanol–water partition coefficient (Wildman–Crippen LogP) is 3.61. The molecule has 1 aliphatic heterocycles. The Labute approximate surface area is 179 Å². The van der Waals surface area contributed by atoms with E-state index in [1.165, 1.54) is 0 Å². The van der Waals surface area contributed by atoms with Crippen molar-refractivity contribution in [1.29, 1.82) is 0 Å². The maximum atomic E-state index is 13.3. The molecule has 0 radical (unpaired) electrons. The average molecular weight is 453 g/mol. The number of halogens is 2. The predicted molar refractivity (Wildman–Crippen MR) is 112 cm³/mol. The van der Waals surface area contributed by atoms with Gasteiger partial charge in [0, 0.05) is 18.8 Å². The molecular weight excluding hydrogens is 431 g/mol. The maximum Gasteiger partial charge on any atom is 0.261 e. The van der Waals surface area contributed by atoms with Crippen LogP contribution in [0.1, 0.15) is 31.2 Å². The zero-order valence-corrected chi connectivity index (χ0v) is 17.7. The molecule has 1 unspecified atom stereocenters. The highest BCUT2D eigenvalue weighted by atomic mass is 35.5. The first kappa shape index (κ1) is 21.1. The van der Waals surface area contributed by atoms with Crippen molar-refractivity contribution in [2.24, 2.45) is 0 Å². The number of rotatable bonds is 7. The lowest BCUT2D eigenvalue weighted by atomic mass is 9.94. The van der Waals surface area contributed by atoms with Gasteiger partial charge in [-0.15, -0.1) is 0 Å². The summed E-state index contributed by atoms with van der Waals surface area (Å²) in [6.07, 6.45) is 3.57. The van der Waals surface area contributed by atoms with Crippen LogP contribution in [0.5, 0.6) is 0 Å². The number of carbonyl (C=O) groups excluding carboxylic acids is 1. The smallest absolute Gasteiger partial charge is 0.261 e. The van der Waals surface area contributed by atoms with Gasteiger partial charge in [-0.2, -0.15) is 0 Å². The average Bonchev–Trinajstić information content (AvgIpc) is 3.36. The van der Waals surface area contributed by atoms with E-state index in [1.807, 2.05) is 0 Å². The van der Waals surface area contributed by atoms with Gasteiger partial charge in [-0.1, -0.05) is 23.7 Å². The van der Waals surface area contributed by atoms with Gasteiger partial charge >= 0.3 is 0 Å². The van der Waals surface area contributed by atoms with Crippen molar-refractivity contribution in [3.63, 3.8) is 0 Å². The van der Waals surface area contributed by atoms with Crippen molar-refractivity contribution in [2.75, 3.05) is 17.9 Å². The van der Waals surface area contributed by atoms with Crippen LogP contribution in [-0.2, 0) is 25.0 Å². The first-order valence-electron chi connectivity index (χ1n) is 9.78. The fourth-order valence-electron chi connectivity index (χ4n) is 3.67. The molecule has 0 bridgehead atoms. The molecule has 1 atom stereocenters. The van der Waals surface area contributed by atoms with E-state index in [1.54, 1.807) is 24.3 Å². The number of hydrogen-bond donors (Lipinski definition) is 2. The lowest BCUT2D eigenvalue weighted by molar-refractivity contribution is -0.124. The van der Waals surface area contributed by atoms with E-state index >= 15 is 0 Å². The number of sulfonamides is 1. The minimum atomic E-state index is -3.91. The van der Waals surface area contributed by atoms with Crippen LogP contribution in [0.2, 0.25) is 5.02 Å². The second-order valence-electron chi connectivity index (χ2n) is 7.69. The van der Waals surface area contributed by atoms with E-state index in [0.717, 1.165) is 56.1 Å². The summed E-state index contributed by atoms with van der Waals surface area (Å²) in [6, 6.07) is 9.96. The number of amides is 1. The van der Waals surface area contributed by atoms with Gasteiger partial charge < -0.3 is 10.1 Å². The molecule has 1 heterocycles. The first-order valence-corrected chi connectivity index (χ1v) is 11.6. The van der Waals surface area contributed by atoms with Crippen molar-refractivity contribution in [3.8, 4) is 0 Å². The fourth-order valence-corrected chi connectivity index (χ4v) is 5.00. The topological polar surface area (TPSA) is 84.5 Å². The third kappa shape index (κ3) is 4.31. The van der Waals surface area contributed by atoms with Crippen molar-refractivity contribution in [1.82, 2.24) is 5.32 Å². The molecule has 2 fully saturated rings. The Morgan fingerprint density at radius 2 is 1.93 bits per heavy atom. The summed E-state index contributed by atoms with van der Waals surface area (Å²) in [6.45, 7) is 1.26. The number of benzene rings is 2. The molecule has 30 heavy (non-hydrogen) atoms. The van der Waals surface area contributed by atoms with Gasteiger partial charge in [0.15, 0.2) is 0 Å². The third-order valence-electron chi connectivity index (χ3n) is 5.59. The number of carbonyl (C=O) groups is 1. The van der Waals surface area contributed by atoms with E-state index in [9.17, 15) is 17.6 Å². The summed E-state index contributed by atoms with van der Waals surface area (Å²) in [5, 5.41) is 2.73. The molecule has 160 valence electrons. The number of hydrogen-bond acceptors (Lipinski definition) is 4. The summed E-state index contributed by atoms with van der Waals surface area (Å²) in [7, 11) is -3.91. The standard InChI is InChI=1S/C21H22ClFN2O4S/c22-18-12-17(7-8-19(18)23)30(27,28)25-15-5-3-14(4-6-15)21(9-10-21)20(26)24-13-16-2-1-11-29-16/h3-8,12,16,25H,1-2,9-11,13H2,(H,24,26). The largest absolute Gasteiger partial charge is 0.376 e. The highest BCUT2D eigenvalue weighted by Gasteiger charge is 2.51. The van der Waals surface area contributed by atoms with Gasteiger partial charge in [-0.25, -0.2) is 12.8 Å². The minimum Gasteiger partial charge on any atom is -0.376 e. The second kappa shape index (κ2) is 8.17. The molecule has 0 aromatic heterocycles. The van der Waals surface area contributed by atoms with E-state index in [2.05, 4.69) is 10.0 Å². The molecule has 1 aliphatic carbocycles. The molecule has 6 nitrogen and oxygen atoms in total. The van der Waals surface area contributed by atoms with E-state index < -0.39 is 21.3 Å². The first-order chi connectivity index (χ1) is 14.3. The maximum absolute atomic E-state index is 13.3. The second-order valence-corrected chi connectivity index (χ2v) is 9.78. The lowest BCUT2D eigenvalue weighted by Crippen LogP contribution is -2.39. The van der Waals surface area contributed by atoms with Crippen LogP contribution in [0.4, 0.5) is 10.1 Å². The Morgan fingerprint density at radius 3 is 2.53 bits per heavy atom. The Hall–Kier alpha value is -2.16. The molecular formula is C21H22ClFN2O4S. The van der Waals surface area contributed by atoms with Crippen LogP contribution in [0.15, 0.2) is 47.4 Å². The normalized spacial score (nSPS) is 20.0. The molecule has 1 amide bonds. The van der Waals surface area contributed by atoms with Crippen molar-refractivity contribution in [3.05, 3.63) is 58.9 Å². The van der Waals surface area contributed by atoms with Crippen LogP contribution in [-0.4, -0.2) is 33.6 Å². The number of anilines is 1. The van der Waals surface area contributed by atoms with Crippen molar-refractivity contribution in [2.45, 2.75) is 42.1 Å². The Morgan fingerprint density at radius 1 is 1.20 bits per heavy atom. The quantitative estimate of drug-likeness (QED) is 0.672. The Bertz CT molecular complexity index is 1050. The zero-order chi connectivity index (χ0) is 21.4. The highest BCUT2D eigenvalue weighted by Crippen LogP contribution is 2.48. The third-order valence-corrected chi connectivity index (χ3v) is 7.26. The van der Waals surface area contributed by atoms with Crippen LogP contribution in [0.25, 0.3) is 0 Å². The molecule has 9 heteroatoms. The summed E-state index contributed by atoms with van der Waals surface area (Å²) >= 11 is 5.68. The van der Waals surface area contributed by atoms with Crippen LogP contribution in [0.3, 0.4) is 0 Å². The van der Waals surface area contributed by atoms with Crippen LogP contribution >= 0.6 is 11.6 Å². The summed E-state index contributed by atoms with van der Waals surface area (Å²) in [5.41, 5.74) is 0.635. The molecule has 4 rings (SSSR count). The molecule has 1 saturated carbocycles. The van der Waals surface area contributed by atoms with E-state index in [-0.39, 0.29) is 21.9 Å². The fraction of sp³-hybridized carbons (Fsp3) is 0.381. The monoisotopic (exact) mass is 452 g/mol. The van der Waals surface area contributed by atoms with Crippen LogP contribution in [0, 0.1) is 5.82 Å². The highest BCUT2D eigenvalue weighted by molar-refractivity contribution is 7.92. The molecule has 1 saturated heterocycles. The number of nitrogens with one attached hydrogen (secondary N) is 2. The minimum absolute atomic E-state index is 0.0210. The van der Waals surface area contributed by atoms with E-state index in [0.29, 0.717) is 12.2 Å². The SMILES string of the molecule is O=C(NCC1CCCO1)C1(c2ccc(NS(=O)(=O)c3ccc(F)c(Cl)c3)cc2)CC1. The Balaban J connectivity index is 1.43. The summed E-state index contributed by atoms with van der Waals surface area (Å²) in [5.74, 6) is -0.709. The van der Waals surface area contributed by atoms with Gasteiger partial charge in [0.25, 0.3) is 10.0 Å². The van der Waals surface area contributed by atoms with Gasteiger partial charge in [0.05, 0.1) is 21.4 Å². The van der Waals surface area contributed by atoms with Gasteiger partial charge in [0.2, 0.25) is 5.91 Å². The molecule has 2 aromatic rings. The van der Waals surface area contributed by atoms with Crippen molar-refractivity contribution >= 4 is 33.2 Å². The number of ether oxygens (including phenoxy) is 1. The Kier molecular flexibility index (Phi) is 5.74. The summed E-state index contributed by atoms with van der Waals surface area (Å²) < 4.78 is 46.3. The van der Waals surface area contributed by atoms with Gasteiger partial charge in [-0.3, -0.25) is 9.52 Å². The zero-order valence-electron chi connectivity index (χ0n) is 16.2. The lowest BCUT2D eigenvalue weighted by Gasteiger charge is -2.18. The molecule has 2 aliphatic rings. The van der Waals surface area contributed by atoms with Gasteiger partial charge in [0.1, 0.15) is 5.82 Å². The molecule has 2 aromatic carbocycles. The summed E-state index contributed by atoms with van der Waals surface area (Å²) in [4.78, 5) is 12.6. The van der Waals surface area contributed by atoms with Crippen LogP contribution < -0.4 is 10.0 Å². The molecule has 0 spiro atoms. The van der Waals surface area contributed by atoms with Gasteiger partial charge in [-0.05, 0) is 61.6 Å². The van der Waals surface area contributed by atoms with Crippen molar-refractivity contribution < 1.29 is 22.3 Å². The molecule has 2 N–H and O–H groups in total. The van der Waals surface area contributed by atoms with E-state index in [4.69, 9.17) is 16.3 Å².